The topological polar surface area (TPSA) is 184 Å². The molecule has 0 aliphatic rings. The molecule has 0 aliphatic carbocycles. The van der Waals surface area contributed by atoms with Crippen molar-refractivity contribution in [3.8, 4) is 0 Å². The Morgan fingerprint density at radius 3 is 2.06 bits per heavy atom. The maximum absolute atomic E-state index is 12.1. The average Bonchev–Trinajstić information content (AvgIpc) is 2.76. The van der Waals surface area contributed by atoms with Crippen LogP contribution in [-0.4, -0.2) is 40.9 Å². The first-order valence-corrected chi connectivity index (χ1v) is 12.9. The molecule has 0 saturated carbocycles. The van der Waals surface area contributed by atoms with Gasteiger partial charge in [0.2, 0.25) is 16.5 Å². The van der Waals surface area contributed by atoms with Crippen LogP contribution in [0.15, 0.2) is 74.6 Å². The summed E-state index contributed by atoms with van der Waals surface area (Å²) in [5, 5.41) is 10.3. The Balaban J connectivity index is 1.98. The normalized spacial score (nSPS) is 12.3. The number of aromatic nitrogens is 3. The van der Waals surface area contributed by atoms with Crippen molar-refractivity contribution in [2.45, 2.75) is 9.79 Å². The standard InChI is InChI=1S/C19H12Cl2N6O6S2/c20-17-23-18(21)25-19(24-17)22-14-8-12(34(28,29)30)6-10-7-16(35(31,32)33)15(9-13(10)14)27-26-11-4-2-1-3-5-11/h1-9H,(H,28,29,30)(H,31,32,33)(H,22,23,24,25). The first-order valence-electron chi connectivity index (χ1n) is 9.28. The van der Waals surface area contributed by atoms with Gasteiger partial charge in [-0.2, -0.15) is 36.9 Å². The van der Waals surface area contributed by atoms with Crippen LogP contribution in [0.1, 0.15) is 0 Å². The number of hydrogen-bond donors (Lipinski definition) is 3. The van der Waals surface area contributed by atoms with E-state index in [0.717, 1.165) is 18.2 Å². The number of halogens is 2. The molecule has 0 atom stereocenters. The lowest BCUT2D eigenvalue weighted by molar-refractivity contribution is 0.481. The van der Waals surface area contributed by atoms with Crippen LogP contribution < -0.4 is 5.32 Å². The Labute approximate surface area is 208 Å². The SMILES string of the molecule is O=S(=O)(O)c1cc(Nc2nc(Cl)nc(Cl)n2)c2cc(N=Nc3ccccc3)c(S(=O)(=O)O)cc2c1. The lowest BCUT2D eigenvalue weighted by Crippen LogP contribution is -2.04. The Bertz CT molecular complexity index is 1680. The zero-order chi connectivity index (χ0) is 25.4. The van der Waals surface area contributed by atoms with Crippen LogP contribution in [-0.2, 0) is 20.2 Å². The molecule has 0 fully saturated rings. The predicted molar refractivity (Wildman–Crippen MR) is 127 cm³/mol. The fourth-order valence-electron chi connectivity index (χ4n) is 3.00. The van der Waals surface area contributed by atoms with E-state index >= 15 is 0 Å². The fraction of sp³-hybridized carbons (Fsp3) is 0. The van der Waals surface area contributed by atoms with Crippen molar-refractivity contribution < 1.29 is 25.9 Å². The molecular formula is C19H12Cl2N6O6S2. The van der Waals surface area contributed by atoms with E-state index in [0.29, 0.717) is 5.69 Å². The van der Waals surface area contributed by atoms with Crippen molar-refractivity contribution in [3.05, 3.63) is 65.2 Å². The third-order valence-electron chi connectivity index (χ3n) is 4.44. The van der Waals surface area contributed by atoms with Gasteiger partial charge in [-0.15, -0.1) is 5.11 Å². The van der Waals surface area contributed by atoms with Crippen molar-refractivity contribution in [2.24, 2.45) is 10.2 Å². The van der Waals surface area contributed by atoms with Gasteiger partial charge in [0.05, 0.1) is 16.3 Å². The molecule has 12 nitrogen and oxygen atoms in total. The Kier molecular flexibility index (Phi) is 6.68. The summed E-state index contributed by atoms with van der Waals surface area (Å²) < 4.78 is 67.1. The Hall–Kier alpha value is -3.27. The molecule has 1 aromatic heterocycles. The smallest absolute Gasteiger partial charge is 0.296 e. The van der Waals surface area contributed by atoms with E-state index in [-0.39, 0.29) is 38.7 Å². The van der Waals surface area contributed by atoms with Crippen LogP contribution in [0.3, 0.4) is 0 Å². The number of nitrogens with one attached hydrogen (secondary N) is 1. The molecule has 3 aromatic carbocycles. The maximum atomic E-state index is 12.1. The van der Waals surface area contributed by atoms with Gasteiger partial charge in [-0.3, -0.25) is 9.11 Å². The zero-order valence-corrected chi connectivity index (χ0v) is 20.2. The second-order valence-electron chi connectivity index (χ2n) is 6.82. The average molecular weight is 555 g/mol. The predicted octanol–water partition coefficient (Wildman–Crippen LogP) is 4.98. The van der Waals surface area contributed by atoms with Gasteiger partial charge in [0.25, 0.3) is 20.2 Å². The van der Waals surface area contributed by atoms with Crippen LogP contribution in [0, 0.1) is 0 Å². The molecule has 0 amide bonds. The minimum atomic E-state index is -4.81. The van der Waals surface area contributed by atoms with Gasteiger partial charge in [-0.25, -0.2) is 0 Å². The van der Waals surface area contributed by atoms with Crippen molar-refractivity contribution >= 4 is 77.2 Å². The quantitative estimate of drug-likeness (QED) is 0.216. The summed E-state index contributed by atoms with van der Waals surface area (Å²) in [6, 6.07) is 12.7. The van der Waals surface area contributed by atoms with Gasteiger partial charge in [0, 0.05) is 5.39 Å². The summed E-state index contributed by atoms with van der Waals surface area (Å²) in [7, 11) is -9.54. The molecule has 0 spiro atoms. The molecular weight excluding hydrogens is 543 g/mol. The van der Waals surface area contributed by atoms with E-state index < -0.39 is 30.0 Å². The van der Waals surface area contributed by atoms with E-state index in [1.54, 1.807) is 30.3 Å². The molecule has 0 bridgehead atoms. The second kappa shape index (κ2) is 9.41. The van der Waals surface area contributed by atoms with Crippen molar-refractivity contribution in [2.75, 3.05) is 5.32 Å². The van der Waals surface area contributed by atoms with Crippen molar-refractivity contribution in [1.29, 1.82) is 0 Å². The van der Waals surface area contributed by atoms with Gasteiger partial charge in [-0.05, 0) is 65.0 Å². The highest BCUT2D eigenvalue weighted by Gasteiger charge is 2.21. The summed E-state index contributed by atoms with van der Waals surface area (Å²) in [6.07, 6.45) is 0. The number of rotatable bonds is 6. The Morgan fingerprint density at radius 2 is 1.46 bits per heavy atom. The minimum absolute atomic E-state index is 0.000149. The van der Waals surface area contributed by atoms with E-state index in [1.165, 1.54) is 6.07 Å². The summed E-state index contributed by atoms with van der Waals surface area (Å²) >= 11 is 11.6. The van der Waals surface area contributed by atoms with Gasteiger partial charge >= 0.3 is 0 Å². The van der Waals surface area contributed by atoms with Gasteiger partial charge in [-0.1, -0.05) is 18.2 Å². The Morgan fingerprint density at radius 1 is 0.800 bits per heavy atom. The van der Waals surface area contributed by atoms with E-state index in [4.69, 9.17) is 23.2 Å². The number of benzene rings is 3. The van der Waals surface area contributed by atoms with E-state index in [1.807, 2.05) is 0 Å². The molecule has 0 unspecified atom stereocenters. The zero-order valence-electron chi connectivity index (χ0n) is 17.0. The lowest BCUT2D eigenvalue weighted by Gasteiger charge is -2.13. The molecule has 1 heterocycles. The molecule has 4 aromatic rings. The first-order chi connectivity index (χ1) is 16.4. The second-order valence-corrected chi connectivity index (χ2v) is 10.3. The highest BCUT2D eigenvalue weighted by atomic mass is 35.5. The highest BCUT2D eigenvalue weighted by molar-refractivity contribution is 7.86. The molecule has 4 rings (SSSR count). The van der Waals surface area contributed by atoms with Crippen LogP contribution in [0.4, 0.5) is 23.0 Å². The van der Waals surface area contributed by atoms with Gasteiger partial charge in [0.1, 0.15) is 10.6 Å². The van der Waals surface area contributed by atoms with Crippen LogP contribution in [0.5, 0.6) is 0 Å². The highest BCUT2D eigenvalue weighted by Crippen LogP contribution is 2.37. The number of nitrogens with zero attached hydrogens (tertiary/aromatic N) is 5. The number of azo groups is 1. The summed E-state index contributed by atoms with van der Waals surface area (Å²) in [4.78, 5) is 10.1. The molecule has 180 valence electrons. The number of fused-ring (bicyclic) bond motifs is 1. The van der Waals surface area contributed by atoms with Crippen LogP contribution >= 0.6 is 23.2 Å². The molecule has 16 heteroatoms. The number of hydrogen-bond acceptors (Lipinski definition) is 10. The summed E-state index contributed by atoms with van der Waals surface area (Å²) in [6.45, 7) is 0. The van der Waals surface area contributed by atoms with Gasteiger partial charge in [0.15, 0.2) is 0 Å². The largest absolute Gasteiger partial charge is 0.323 e. The molecule has 0 saturated heterocycles. The lowest BCUT2D eigenvalue weighted by atomic mass is 10.1. The van der Waals surface area contributed by atoms with E-state index in [9.17, 15) is 25.9 Å². The van der Waals surface area contributed by atoms with Crippen molar-refractivity contribution in [3.63, 3.8) is 0 Å². The molecule has 0 radical (unpaired) electrons. The van der Waals surface area contributed by atoms with Gasteiger partial charge < -0.3 is 5.32 Å². The fourth-order valence-corrected chi connectivity index (χ4v) is 4.54. The summed E-state index contributed by atoms with van der Waals surface area (Å²) in [5.74, 6) is -0.171. The monoisotopic (exact) mass is 554 g/mol. The first kappa shape index (κ1) is 24.8. The van der Waals surface area contributed by atoms with Crippen LogP contribution in [0.25, 0.3) is 10.8 Å². The molecule has 3 N–H and O–H groups in total. The molecule has 35 heavy (non-hydrogen) atoms. The summed E-state index contributed by atoms with van der Waals surface area (Å²) in [5.41, 5.74) is 0.160. The molecule has 0 aliphatic heterocycles. The number of anilines is 2. The van der Waals surface area contributed by atoms with Crippen LogP contribution in [0.2, 0.25) is 10.6 Å². The minimum Gasteiger partial charge on any atom is -0.323 e. The maximum Gasteiger partial charge on any atom is 0.296 e. The van der Waals surface area contributed by atoms with Crippen molar-refractivity contribution in [1.82, 2.24) is 15.0 Å². The van der Waals surface area contributed by atoms with E-state index in [2.05, 4.69) is 30.5 Å². The third-order valence-corrected chi connectivity index (χ3v) is 6.49. The third kappa shape index (κ3) is 5.87.